The van der Waals surface area contributed by atoms with Crippen LogP contribution in [-0.4, -0.2) is 26.4 Å². The molecule has 0 spiro atoms. The van der Waals surface area contributed by atoms with Crippen molar-refractivity contribution in [1.82, 2.24) is 14.8 Å². The number of thioether (sulfide) groups is 1. The van der Waals surface area contributed by atoms with Gasteiger partial charge in [0.2, 0.25) is 5.91 Å². The molecule has 0 saturated heterocycles. The third kappa shape index (κ3) is 5.19. The van der Waals surface area contributed by atoms with Gasteiger partial charge in [0.15, 0.2) is 5.16 Å². The van der Waals surface area contributed by atoms with Gasteiger partial charge in [0.25, 0.3) is 0 Å². The van der Waals surface area contributed by atoms with Gasteiger partial charge in [0.1, 0.15) is 11.6 Å². The van der Waals surface area contributed by atoms with Gasteiger partial charge < -0.3 is 9.88 Å². The molecular formula is C20H25FN4OS. The molecule has 1 saturated carbocycles. The minimum absolute atomic E-state index is 0.210. The third-order valence-electron chi connectivity index (χ3n) is 4.74. The topological polar surface area (TPSA) is 59.8 Å². The van der Waals surface area contributed by atoms with Gasteiger partial charge in [-0.25, -0.2) is 4.39 Å². The number of allylic oxidation sites excluding steroid dienone is 1. The molecule has 7 heteroatoms. The van der Waals surface area contributed by atoms with Crippen molar-refractivity contribution in [2.24, 2.45) is 0 Å². The summed E-state index contributed by atoms with van der Waals surface area (Å²) in [5, 5.41) is 12.2. The summed E-state index contributed by atoms with van der Waals surface area (Å²) in [5.74, 6) is 1.41. The molecule has 0 unspecified atom stereocenters. The van der Waals surface area contributed by atoms with E-state index in [9.17, 15) is 9.18 Å². The van der Waals surface area contributed by atoms with Crippen LogP contribution in [0, 0.1) is 5.82 Å². The van der Waals surface area contributed by atoms with Crippen LogP contribution >= 0.6 is 11.8 Å². The van der Waals surface area contributed by atoms with E-state index in [1.807, 2.05) is 6.08 Å². The number of aromatic nitrogens is 3. The predicted octanol–water partition coefficient (Wildman–Crippen LogP) is 4.77. The zero-order valence-electron chi connectivity index (χ0n) is 15.4. The van der Waals surface area contributed by atoms with Gasteiger partial charge in [-0.3, -0.25) is 4.79 Å². The normalized spacial score (nSPS) is 14.9. The van der Waals surface area contributed by atoms with Crippen LogP contribution in [-0.2, 0) is 11.3 Å². The number of hydrogen-bond donors (Lipinski definition) is 1. The summed E-state index contributed by atoms with van der Waals surface area (Å²) in [7, 11) is 0. The number of anilines is 1. The minimum Gasteiger partial charge on any atom is -0.324 e. The minimum atomic E-state index is -0.429. The number of nitrogens with one attached hydrogen (secondary N) is 1. The van der Waals surface area contributed by atoms with E-state index in [4.69, 9.17) is 0 Å². The number of amides is 1. The molecule has 1 heterocycles. The second kappa shape index (κ2) is 9.69. The Morgan fingerprint density at radius 3 is 2.81 bits per heavy atom. The van der Waals surface area contributed by atoms with Gasteiger partial charge >= 0.3 is 0 Å². The first-order valence-electron chi connectivity index (χ1n) is 9.40. The number of halogens is 1. The largest absolute Gasteiger partial charge is 0.324 e. The Hall–Kier alpha value is -2.15. The van der Waals surface area contributed by atoms with Gasteiger partial charge in [0.05, 0.1) is 5.69 Å². The molecule has 0 atom stereocenters. The van der Waals surface area contributed by atoms with Crippen molar-refractivity contribution in [1.29, 1.82) is 0 Å². The van der Waals surface area contributed by atoms with Gasteiger partial charge in [-0.05, 0) is 25.0 Å². The number of carbonyl (C=O) groups is 1. The maximum absolute atomic E-state index is 13.6. The van der Waals surface area contributed by atoms with E-state index in [2.05, 4.69) is 26.7 Å². The lowest BCUT2D eigenvalue weighted by Crippen LogP contribution is -2.14. The summed E-state index contributed by atoms with van der Waals surface area (Å²) in [4.78, 5) is 12.1. The molecule has 2 aromatic rings. The van der Waals surface area contributed by atoms with Crippen molar-refractivity contribution in [3.63, 3.8) is 0 Å². The SMILES string of the molecule is C=CCn1c(SCCC(=O)Nc2ccccc2F)nnc1C1CCCCC1. The van der Waals surface area contributed by atoms with Crippen molar-refractivity contribution >= 4 is 23.4 Å². The first kappa shape index (κ1) is 19.6. The second-order valence-corrected chi connectivity index (χ2v) is 7.76. The predicted molar refractivity (Wildman–Crippen MR) is 106 cm³/mol. The molecule has 5 nitrogen and oxygen atoms in total. The van der Waals surface area contributed by atoms with Crippen LogP contribution < -0.4 is 5.32 Å². The number of carbonyl (C=O) groups excluding carboxylic acids is 1. The Bertz CT molecular complexity index is 786. The first-order valence-corrected chi connectivity index (χ1v) is 10.4. The number of benzene rings is 1. The van der Waals surface area contributed by atoms with E-state index in [1.165, 1.54) is 37.1 Å². The van der Waals surface area contributed by atoms with E-state index in [0.29, 0.717) is 18.2 Å². The number of rotatable bonds is 8. The number of para-hydroxylation sites is 1. The fraction of sp³-hybridized carbons (Fsp3) is 0.450. The Morgan fingerprint density at radius 2 is 2.07 bits per heavy atom. The molecule has 1 aromatic carbocycles. The molecule has 27 heavy (non-hydrogen) atoms. The third-order valence-corrected chi connectivity index (χ3v) is 5.70. The summed E-state index contributed by atoms with van der Waals surface area (Å²) in [6.45, 7) is 4.51. The van der Waals surface area contributed by atoms with Crippen molar-refractivity contribution in [3.8, 4) is 0 Å². The molecule has 0 radical (unpaired) electrons. The Balaban J connectivity index is 1.57. The molecule has 1 aromatic heterocycles. The van der Waals surface area contributed by atoms with Crippen LogP contribution in [0.1, 0.15) is 50.3 Å². The van der Waals surface area contributed by atoms with Crippen molar-refractivity contribution in [2.45, 2.75) is 56.1 Å². The molecule has 144 valence electrons. The summed E-state index contributed by atoms with van der Waals surface area (Å²) >= 11 is 1.50. The smallest absolute Gasteiger partial charge is 0.225 e. The molecule has 1 aliphatic rings. The zero-order valence-corrected chi connectivity index (χ0v) is 16.2. The van der Waals surface area contributed by atoms with Crippen LogP contribution in [0.25, 0.3) is 0 Å². The first-order chi connectivity index (χ1) is 13.2. The fourth-order valence-electron chi connectivity index (χ4n) is 3.38. The summed E-state index contributed by atoms with van der Waals surface area (Å²) < 4.78 is 15.7. The van der Waals surface area contributed by atoms with Crippen LogP contribution in [0.3, 0.4) is 0 Å². The molecule has 3 rings (SSSR count). The van der Waals surface area contributed by atoms with E-state index < -0.39 is 5.82 Å². The van der Waals surface area contributed by atoms with E-state index in [1.54, 1.807) is 18.2 Å². The van der Waals surface area contributed by atoms with Crippen molar-refractivity contribution in [3.05, 3.63) is 48.6 Å². The fourth-order valence-corrected chi connectivity index (χ4v) is 4.27. The molecule has 1 amide bonds. The van der Waals surface area contributed by atoms with E-state index in [0.717, 1.165) is 23.8 Å². The molecule has 0 bridgehead atoms. The quantitative estimate of drug-likeness (QED) is 0.523. The average molecular weight is 389 g/mol. The monoisotopic (exact) mass is 388 g/mol. The maximum Gasteiger partial charge on any atom is 0.225 e. The van der Waals surface area contributed by atoms with Gasteiger partial charge in [-0.2, -0.15) is 0 Å². The molecule has 1 N–H and O–H groups in total. The van der Waals surface area contributed by atoms with Crippen LogP contribution in [0.2, 0.25) is 0 Å². The van der Waals surface area contributed by atoms with E-state index in [-0.39, 0.29) is 18.0 Å². The summed E-state index contributed by atoms with van der Waals surface area (Å²) in [6.07, 6.45) is 8.22. The van der Waals surface area contributed by atoms with Crippen molar-refractivity contribution < 1.29 is 9.18 Å². The van der Waals surface area contributed by atoms with Gasteiger partial charge in [-0.1, -0.05) is 49.2 Å². The van der Waals surface area contributed by atoms with Crippen LogP contribution in [0.5, 0.6) is 0 Å². The Morgan fingerprint density at radius 1 is 1.30 bits per heavy atom. The zero-order chi connectivity index (χ0) is 19.1. The molecular weight excluding hydrogens is 363 g/mol. The highest BCUT2D eigenvalue weighted by molar-refractivity contribution is 7.99. The van der Waals surface area contributed by atoms with Crippen molar-refractivity contribution in [2.75, 3.05) is 11.1 Å². The lowest BCUT2D eigenvalue weighted by molar-refractivity contribution is -0.115. The van der Waals surface area contributed by atoms with Crippen LogP contribution in [0.15, 0.2) is 42.1 Å². The highest BCUT2D eigenvalue weighted by Crippen LogP contribution is 2.33. The standard InChI is InChI=1S/C20H25FN4OS/c1-2-13-25-19(15-8-4-3-5-9-15)23-24-20(25)27-14-12-18(26)22-17-11-7-6-10-16(17)21/h2,6-7,10-11,15H,1,3-5,8-9,12-14H2,(H,22,26). The highest BCUT2D eigenvalue weighted by Gasteiger charge is 2.23. The van der Waals surface area contributed by atoms with Gasteiger partial charge in [0, 0.05) is 24.6 Å². The average Bonchev–Trinajstić information content (AvgIpc) is 3.07. The maximum atomic E-state index is 13.6. The Labute approximate surface area is 163 Å². The molecule has 1 fully saturated rings. The lowest BCUT2D eigenvalue weighted by atomic mass is 9.89. The van der Waals surface area contributed by atoms with Crippen LogP contribution in [0.4, 0.5) is 10.1 Å². The second-order valence-electron chi connectivity index (χ2n) is 6.70. The van der Waals surface area contributed by atoms with Gasteiger partial charge in [-0.15, -0.1) is 16.8 Å². The summed E-state index contributed by atoms with van der Waals surface area (Å²) in [6, 6.07) is 6.17. The Kier molecular flexibility index (Phi) is 7.04. The summed E-state index contributed by atoms with van der Waals surface area (Å²) in [5.41, 5.74) is 0.210. The number of hydrogen-bond acceptors (Lipinski definition) is 4. The molecule has 1 aliphatic carbocycles. The lowest BCUT2D eigenvalue weighted by Gasteiger charge is -2.21. The number of nitrogens with zero attached hydrogens (tertiary/aromatic N) is 3. The molecule has 0 aliphatic heterocycles. The van der Waals surface area contributed by atoms with E-state index >= 15 is 0 Å². The highest BCUT2D eigenvalue weighted by atomic mass is 32.2.